The van der Waals surface area contributed by atoms with Crippen LogP contribution in [0.1, 0.15) is 28.3 Å². The number of rotatable bonds is 3. The predicted octanol–water partition coefficient (Wildman–Crippen LogP) is 2.87. The van der Waals surface area contributed by atoms with Crippen molar-refractivity contribution in [1.82, 2.24) is 19.9 Å². The fourth-order valence-electron chi connectivity index (χ4n) is 3.58. The van der Waals surface area contributed by atoms with E-state index in [0.717, 1.165) is 38.3 Å². The van der Waals surface area contributed by atoms with Crippen molar-refractivity contribution in [3.63, 3.8) is 0 Å². The normalized spacial score (nSPS) is 14.5. The second-order valence-corrected chi connectivity index (χ2v) is 6.27. The molecule has 0 saturated heterocycles. The smallest absolute Gasteiger partial charge is 0.103 e. The van der Waals surface area contributed by atoms with Gasteiger partial charge in [0.05, 0.1) is 0 Å². The van der Waals surface area contributed by atoms with Gasteiger partial charge in [0, 0.05) is 61.0 Å². The number of aromatic nitrogens is 3. The Morgan fingerprint density at radius 3 is 3.00 bits per heavy atom. The van der Waals surface area contributed by atoms with Crippen LogP contribution in [0.5, 0.6) is 0 Å². The molecule has 4 rings (SSSR count). The van der Waals surface area contributed by atoms with E-state index in [1.807, 2.05) is 13.1 Å². The van der Waals surface area contributed by atoms with Gasteiger partial charge in [0.15, 0.2) is 0 Å². The van der Waals surface area contributed by atoms with Gasteiger partial charge in [-0.1, -0.05) is 11.6 Å². The average Bonchev–Trinajstić information content (AvgIpc) is 3.07. The maximum Gasteiger partial charge on any atom is 0.103 e. The fraction of sp³-hybridized carbons (Fsp3) is 0.389. The van der Waals surface area contributed by atoms with Crippen molar-refractivity contribution in [3.05, 3.63) is 52.7 Å². The van der Waals surface area contributed by atoms with Gasteiger partial charge in [-0.15, -0.1) is 0 Å². The van der Waals surface area contributed by atoms with Crippen LogP contribution in [0.4, 0.5) is 0 Å². The largest absolute Gasteiger partial charge is 0.346 e. The van der Waals surface area contributed by atoms with Gasteiger partial charge in [0.1, 0.15) is 5.82 Å². The molecule has 0 aliphatic carbocycles. The Kier molecular flexibility index (Phi) is 3.26. The Balaban J connectivity index is 1.75. The summed E-state index contributed by atoms with van der Waals surface area (Å²) in [6.45, 7) is 7.26. The molecule has 0 fully saturated rings. The molecule has 4 heteroatoms. The van der Waals surface area contributed by atoms with Crippen LogP contribution < -0.4 is 5.32 Å². The number of fused-ring (bicyclic) bond motifs is 3. The molecule has 3 aromatic rings. The molecule has 0 unspecified atom stereocenters. The number of nitrogens with zero attached hydrogens (tertiary/aromatic N) is 2. The monoisotopic (exact) mass is 294 g/mol. The van der Waals surface area contributed by atoms with Crippen LogP contribution in [-0.4, -0.2) is 21.1 Å². The molecule has 3 heterocycles. The Hall–Kier alpha value is -2.07. The molecule has 22 heavy (non-hydrogen) atoms. The van der Waals surface area contributed by atoms with Crippen molar-refractivity contribution in [2.24, 2.45) is 0 Å². The van der Waals surface area contributed by atoms with Crippen LogP contribution in [0.2, 0.25) is 0 Å². The van der Waals surface area contributed by atoms with Crippen molar-refractivity contribution in [2.45, 2.75) is 39.8 Å². The second-order valence-electron chi connectivity index (χ2n) is 6.27. The standard InChI is InChI=1S/C18H22N4/c1-12-3-4-17-15(9-12)16-11-19-7-5-18(16)22(17)8-6-14-10-20-13(2)21-14/h3-4,9-10,19H,5-8,11H2,1-2H3,(H,20,21). The van der Waals surface area contributed by atoms with E-state index in [-0.39, 0.29) is 0 Å². The Morgan fingerprint density at radius 2 is 2.18 bits per heavy atom. The van der Waals surface area contributed by atoms with Crippen LogP contribution in [0.25, 0.3) is 10.9 Å². The van der Waals surface area contributed by atoms with Crippen LogP contribution in [0, 0.1) is 13.8 Å². The van der Waals surface area contributed by atoms with Crippen LogP contribution in [0.3, 0.4) is 0 Å². The van der Waals surface area contributed by atoms with E-state index in [1.54, 1.807) is 0 Å². The third-order valence-electron chi connectivity index (χ3n) is 4.64. The lowest BCUT2D eigenvalue weighted by molar-refractivity contribution is 0.593. The summed E-state index contributed by atoms with van der Waals surface area (Å²) in [5.74, 6) is 0.995. The fourth-order valence-corrected chi connectivity index (χ4v) is 3.58. The van der Waals surface area contributed by atoms with Gasteiger partial charge in [-0.25, -0.2) is 4.98 Å². The highest BCUT2D eigenvalue weighted by Gasteiger charge is 2.19. The summed E-state index contributed by atoms with van der Waals surface area (Å²) in [6, 6.07) is 6.83. The summed E-state index contributed by atoms with van der Waals surface area (Å²) in [7, 11) is 0. The number of benzene rings is 1. The molecule has 2 aromatic heterocycles. The second kappa shape index (κ2) is 5.29. The highest BCUT2D eigenvalue weighted by molar-refractivity contribution is 5.86. The lowest BCUT2D eigenvalue weighted by Crippen LogP contribution is -2.24. The minimum absolute atomic E-state index is 0.992. The van der Waals surface area contributed by atoms with E-state index in [4.69, 9.17) is 0 Å². The summed E-state index contributed by atoms with van der Waals surface area (Å²) < 4.78 is 2.51. The Labute approximate surface area is 130 Å². The average molecular weight is 294 g/mol. The SMILES string of the molecule is Cc1ccc2c(c1)c1c(n2CCc2cnc(C)[nH]2)CCNC1. The summed E-state index contributed by atoms with van der Waals surface area (Å²) >= 11 is 0. The van der Waals surface area contributed by atoms with E-state index in [9.17, 15) is 0 Å². The number of aromatic amines is 1. The number of H-pyrrole nitrogens is 1. The molecule has 0 amide bonds. The molecule has 1 aliphatic heterocycles. The Bertz CT molecular complexity index is 825. The highest BCUT2D eigenvalue weighted by Crippen LogP contribution is 2.29. The number of imidazole rings is 1. The molecular weight excluding hydrogens is 272 g/mol. The number of aryl methyl sites for hydroxylation is 4. The Morgan fingerprint density at radius 1 is 1.27 bits per heavy atom. The number of nitrogens with one attached hydrogen (secondary N) is 2. The zero-order chi connectivity index (χ0) is 15.1. The van der Waals surface area contributed by atoms with Gasteiger partial charge in [-0.3, -0.25) is 0 Å². The molecule has 2 N–H and O–H groups in total. The van der Waals surface area contributed by atoms with E-state index in [2.05, 4.69) is 45.0 Å². The van der Waals surface area contributed by atoms with Crippen LogP contribution >= 0.6 is 0 Å². The van der Waals surface area contributed by atoms with Crippen molar-refractivity contribution in [2.75, 3.05) is 6.54 Å². The molecule has 0 saturated carbocycles. The van der Waals surface area contributed by atoms with E-state index in [1.165, 1.54) is 33.4 Å². The van der Waals surface area contributed by atoms with Gasteiger partial charge in [-0.2, -0.15) is 0 Å². The first-order valence-corrected chi connectivity index (χ1v) is 8.04. The van der Waals surface area contributed by atoms with Crippen molar-refractivity contribution >= 4 is 10.9 Å². The van der Waals surface area contributed by atoms with Gasteiger partial charge >= 0.3 is 0 Å². The first kappa shape index (κ1) is 13.6. The van der Waals surface area contributed by atoms with Gasteiger partial charge in [0.25, 0.3) is 0 Å². The summed E-state index contributed by atoms with van der Waals surface area (Å²) in [4.78, 5) is 7.64. The third kappa shape index (κ3) is 2.24. The molecule has 1 aromatic carbocycles. The molecule has 1 aliphatic rings. The molecule has 0 spiro atoms. The lowest BCUT2D eigenvalue weighted by atomic mass is 10.0. The maximum absolute atomic E-state index is 4.30. The first-order chi connectivity index (χ1) is 10.7. The van der Waals surface area contributed by atoms with E-state index < -0.39 is 0 Å². The number of hydrogen-bond donors (Lipinski definition) is 2. The third-order valence-corrected chi connectivity index (χ3v) is 4.64. The summed E-state index contributed by atoms with van der Waals surface area (Å²) in [5.41, 5.74) is 6.92. The molecule has 0 atom stereocenters. The van der Waals surface area contributed by atoms with Gasteiger partial charge in [0.2, 0.25) is 0 Å². The number of hydrogen-bond acceptors (Lipinski definition) is 2. The molecule has 0 bridgehead atoms. The van der Waals surface area contributed by atoms with E-state index >= 15 is 0 Å². The maximum atomic E-state index is 4.30. The van der Waals surface area contributed by atoms with E-state index in [0.29, 0.717) is 0 Å². The minimum Gasteiger partial charge on any atom is -0.346 e. The van der Waals surface area contributed by atoms with Gasteiger partial charge in [-0.05, 0) is 31.5 Å². The predicted molar refractivity (Wildman–Crippen MR) is 89.1 cm³/mol. The zero-order valence-corrected chi connectivity index (χ0v) is 13.2. The lowest BCUT2D eigenvalue weighted by Gasteiger charge is -2.17. The molecule has 114 valence electrons. The van der Waals surface area contributed by atoms with Crippen molar-refractivity contribution in [1.29, 1.82) is 0 Å². The van der Waals surface area contributed by atoms with Crippen LogP contribution in [-0.2, 0) is 25.9 Å². The molecule has 0 radical (unpaired) electrons. The summed E-state index contributed by atoms with van der Waals surface area (Å²) in [5, 5.41) is 4.93. The molecule has 4 nitrogen and oxygen atoms in total. The molecular formula is C18H22N4. The van der Waals surface area contributed by atoms with Crippen LogP contribution in [0.15, 0.2) is 24.4 Å². The summed E-state index contributed by atoms with van der Waals surface area (Å²) in [6.07, 6.45) is 4.07. The quantitative estimate of drug-likeness (QED) is 0.780. The highest BCUT2D eigenvalue weighted by atomic mass is 15.0. The zero-order valence-electron chi connectivity index (χ0n) is 13.2. The minimum atomic E-state index is 0.992. The van der Waals surface area contributed by atoms with Crippen molar-refractivity contribution in [3.8, 4) is 0 Å². The van der Waals surface area contributed by atoms with Crippen molar-refractivity contribution < 1.29 is 0 Å². The topological polar surface area (TPSA) is 45.6 Å². The first-order valence-electron chi connectivity index (χ1n) is 8.04. The van der Waals surface area contributed by atoms with Gasteiger partial charge < -0.3 is 14.9 Å².